The summed E-state index contributed by atoms with van der Waals surface area (Å²) in [5.41, 5.74) is 0. The molecule has 0 N–H and O–H groups in total. The second-order valence-corrected chi connectivity index (χ2v) is 2.62. The van der Waals surface area contributed by atoms with Crippen molar-refractivity contribution in [3.05, 3.63) is 6.92 Å². The molecule has 0 aliphatic carbocycles. The van der Waals surface area contributed by atoms with Gasteiger partial charge in [-0.2, -0.15) is 0 Å². The first-order chi connectivity index (χ1) is 7.01. The fourth-order valence-electron chi connectivity index (χ4n) is 0.647. The topological polar surface area (TPSA) is 71.1 Å². The predicted molar refractivity (Wildman–Crippen MR) is 50.2 cm³/mol. The van der Waals surface area contributed by atoms with Crippen molar-refractivity contribution in [2.75, 3.05) is 13.7 Å². The van der Waals surface area contributed by atoms with Crippen LogP contribution >= 0.6 is 0 Å². The van der Waals surface area contributed by atoms with Gasteiger partial charge in [-0.3, -0.25) is 0 Å². The first-order valence-electron chi connectivity index (χ1n) is 4.42. The van der Waals surface area contributed by atoms with E-state index in [2.05, 4.69) is 21.1 Å². The monoisotopic (exact) mass is 219 g/mol. The lowest BCUT2D eigenvalue weighted by molar-refractivity contribution is -0.0294. The van der Waals surface area contributed by atoms with Crippen molar-refractivity contribution in [3.63, 3.8) is 0 Å². The van der Waals surface area contributed by atoms with Gasteiger partial charge in [0.2, 0.25) is 0 Å². The second kappa shape index (κ2) is 6.92. The third-order valence-corrected chi connectivity index (χ3v) is 1.48. The van der Waals surface area contributed by atoms with E-state index in [0.717, 1.165) is 0 Å². The lowest BCUT2D eigenvalue weighted by atomic mass is 10.2. The van der Waals surface area contributed by atoms with Crippen LogP contribution in [0.2, 0.25) is 0 Å². The minimum absolute atomic E-state index is 0.206. The molecule has 1 radical (unpaired) electrons. The van der Waals surface area contributed by atoms with Crippen LogP contribution in [-0.2, 0) is 18.9 Å². The van der Waals surface area contributed by atoms with Gasteiger partial charge in [-0.25, -0.2) is 9.59 Å². The van der Waals surface area contributed by atoms with E-state index in [4.69, 9.17) is 4.74 Å². The Bertz CT molecular complexity index is 215. The zero-order chi connectivity index (χ0) is 11.8. The van der Waals surface area contributed by atoms with Gasteiger partial charge in [-0.1, -0.05) is 0 Å². The van der Waals surface area contributed by atoms with Crippen LogP contribution in [0, 0.1) is 6.92 Å². The molecule has 0 saturated heterocycles. The quantitative estimate of drug-likeness (QED) is 0.668. The molecule has 87 valence electrons. The first-order valence-corrected chi connectivity index (χ1v) is 4.42. The van der Waals surface area contributed by atoms with E-state index in [0.29, 0.717) is 0 Å². The van der Waals surface area contributed by atoms with Crippen LogP contribution in [0.3, 0.4) is 0 Å². The standard InChI is InChI=1S/C9H15O6/c1-5-13-9(11)15-7(3)6(2)14-8(10)12-4/h6-7H,3,5H2,1-2,4H3. The third kappa shape index (κ3) is 5.77. The summed E-state index contributed by atoms with van der Waals surface area (Å²) in [5.74, 6) is 0. The third-order valence-electron chi connectivity index (χ3n) is 1.48. The summed E-state index contributed by atoms with van der Waals surface area (Å²) in [5, 5.41) is 0. The molecule has 0 aliphatic rings. The summed E-state index contributed by atoms with van der Waals surface area (Å²) < 4.78 is 18.2. The van der Waals surface area contributed by atoms with Crippen LogP contribution in [0.25, 0.3) is 0 Å². The molecular formula is C9H15O6. The normalized spacial score (nSPS) is 13.6. The zero-order valence-corrected chi connectivity index (χ0v) is 9.02. The summed E-state index contributed by atoms with van der Waals surface area (Å²) in [6, 6.07) is 0. The molecule has 0 aromatic rings. The van der Waals surface area contributed by atoms with Crippen LogP contribution in [0.15, 0.2) is 0 Å². The molecule has 0 rings (SSSR count). The van der Waals surface area contributed by atoms with Crippen LogP contribution in [0.1, 0.15) is 13.8 Å². The Labute approximate surface area is 88.4 Å². The highest BCUT2D eigenvalue weighted by atomic mass is 16.8. The summed E-state index contributed by atoms with van der Waals surface area (Å²) in [7, 11) is 1.18. The second-order valence-electron chi connectivity index (χ2n) is 2.62. The summed E-state index contributed by atoms with van der Waals surface area (Å²) in [6.45, 7) is 6.87. The zero-order valence-electron chi connectivity index (χ0n) is 9.02. The Morgan fingerprint density at radius 1 is 1.27 bits per heavy atom. The van der Waals surface area contributed by atoms with E-state index in [9.17, 15) is 9.59 Å². The Morgan fingerprint density at radius 2 is 1.87 bits per heavy atom. The first kappa shape index (κ1) is 13.5. The SMILES string of the molecule is [CH2]C(OC(=O)OCC)C(C)OC(=O)OC. The lowest BCUT2D eigenvalue weighted by Crippen LogP contribution is -2.31. The number of ether oxygens (including phenoxy) is 4. The number of hydrogen-bond donors (Lipinski definition) is 0. The number of methoxy groups -OCH3 is 1. The maximum Gasteiger partial charge on any atom is 0.508 e. The van der Waals surface area contributed by atoms with Gasteiger partial charge in [0.25, 0.3) is 0 Å². The lowest BCUT2D eigenvalue weighted by Gasteiger charge is -2.19. The number of carbonyl (C=O) groups excluding carboxylic acids is 2. The molecule has 0 aliphatic heterocycles. The molecule has 6 heteroatoms. The van der Waals surface area contributed by atoms with Crippen molar-refractivity contribution in [2.24, 2.45) is 0 Å². The van der Waals surface area contributed by atoms with E-state index in [-0.39, 0.29) is 6.61 Å². The largest absolute Gasteiger partial charge is 0.508 e. The Morgan fingerprint density at radius 3 is 2.33 bits per heavy atom. The van der Waals surface area contributed by atoms with Gasteiger partial charge < -0.3 is 18.9 Å². The Kier molecular flexibility index (Phi) is 6.24. The molecule has 0 heterocycles. The molecule has 0 fully saturated rings. The summed E-state index contributed by atoms with van der Waals surface area (Å²) >= 11 is 0. The van der Waals surface area contributed by atoms with Gasteiger partial charge in [0.15, 0.2) is 0 Å². The molecule has 6 nitrogen and oxygen atoms in total. The molecule has 2 unspecified atom stereocenters. The Hall–Kier alpha value is -1.46. The molecule has 0 aromatic heterocycles. The average Bonchev–Trinajstić information content (AvgIpc) is 2.17. The maximum absolute atomic E-state index is 10.9. The van der Waals surface area contributed by atoms with E-state index in [1.807, 2.05) is 0 Å². The van der Waals surface area contributed by atoms with Crippen molar-refractivity contribution >= 4 is 12.3 Å². The molecule has 15 heavy (non-hydrogen) atoms. The van der Waals surface area contributed by atoms with Crippen LogP contribution in [0.4, 0.5) is 9.59 Å². The average molecular weight is 219 g/mol. The molecule has 0 amide bonds. The van der Waals surface area contributed by atoms with Gasteiger partial charge in [-0.15, -0.1) is 0 Å². The van der Waals surface area contributed by atoms with E-state index < -0.39 is 24.5 Å². The van der Waals surface area contributed by atoms with Crippen molar-refractivity contribution in [1.82, 2.24) is 0 Å². The minimum atomic E-state index is -0.858. The van der Waals surface area contributed by atoms with E-state index >= 15 is 0 Å². The minimum Gasteiger partial charge on any atom is -0.438 e. The molecule has 0 saturated carbocycles. The Balaban J connectivity index is 3.92. The summed E-state index contributed by atoms with van der Waals surface area (Å²) in [4.78, 5) is 21.6. The number of rotatable bonds is 4. The van der Waals surface area contributed by atoms with Gasteiger partial charge in [-0.05, 0) is 20.8 Å². The summed E-state index contributed by atoms with van der Waals surface area (Å²) in [6.07, 6.45) is -3.26. The van der Waals surface area contributed by atoms with Crippen LogP contribution < -0.4 is 0 Å². The molecule has 0 bridgehead atoms. The highest BCUT2D eigenvalue weighted by molar-refractivity contribution is 5.61. The fraction of sp³-hybridized carbons (Fsp3) is 0.667. The van der Waals surface area contributed by atoms with E-state index in [1.54, 1.807) is 6.92 Å². The van der Waals surface area contributed by atoms with Gasteiger partial charge >= 0.3 is 12.3 Å². The molecule has 0 aromatic carbocycles. The molecule has 0 spiro atoms. The van der Waals surface area contributed by atoms with Crippen molar-refractivity contribution in [1.29, 1.82) is 0 Å². The van der Waals surface area contributed by atoms with E-state index in [1.165, 1.54) is 14.0 Å². The number of carbonyl (C=O) groups is 2. The van der Waals surface area contributed by atoms with Gasteiger partial charge in [0.05, 0.1) is 13.7 Å². The maximum atomic E-state index is 10.9. The molecular weight excluding hydrogens is 204 g/mol. The van der Waals surface area contributed by atoms with Crippen molar-refractivity contribution in [3.8, 4) is 0 Å². The van der Waals surface area contributed by atoms with Crippen molar-refractivity contribution in [2.45, 2.75) is 26.1 Å². The van der Waals surface area contributed by atoms with Crippen molar-refractivity contribution < 1.29 is 28.5 Å². The van der Waals surface area contributed by atoms with Crippen LogP contribution in [-0.4, -0.2) is 38.2 Å². The number of hydrogen-bond acceptors (Lipinski definition) is 6. The van der Waals surface area contributed by atoms with Gasteiger partial charge in [0.1, 0.15) is 12.2 Å². The molecule has 2 atom stereocenters. The fourth-order valence-corrected chi connectivity index (χ4v) is 0.647. The highest BCUT2D eigenvalue weighted by Crippen LogP contribution is 2.05. The smallest absolute Gasteiger partial charge is 0.438 e. The van der Waals surface area contributed by atoms with Gasteiger partial charge in [0, 0.05) is 0 Å². The highest BCUT2D eigenvalue weighted by Gasteiger charge is 2.21. The predicted octanol–water partition coefficient (Wildman–Crippen LogP) is 1.53. The van der Waals surface area contributed by atoms with Crippen LogP contribution in [0.5, 0.6) is 0 Å².